The van der Waals surface area contributed by atoms with Crippen molar-refractivity contribution in [3.8, 4) is 11.3 Å². The normalized spacial score (nSPS) is 10.3. The standard InChI is InChI=1S/C16H18N2O2/c1-11(2)16(19)20-10-14-17-12(3)15(18(14)4)13-8-6-5-7-9-13/h5-9H,1,10H2,2-4H3. The van der Waals surface area contributed by atoms with Gasteiger partial charge in [-0.1, -0.05) is 36.9 Å². The molecule has 0 amide bonds. The topological polar surface area (TPSA) is 44.1 Å². The van der Waals surface area contributed by atoms with E-state index in [-0.39, 0.29) is 6.61 Å². The number of nitrogens with zero attached hydrogens (tertiary/aromatic N) is 2. The van der Waals surface area contributed by atoms with Gasteiger partial charge < -0.3 is 9.30 Å². The molecule has 1 aromatic carbocycles. The van der Waals surface area contributed by atoms with E-state index in [0.717, 1.165) is 22.8 Å². The molecule has 2 rings (SSSR count). The van der Waals surface area contributed by atoms with Gasteiger partial charge in [0.2, 0.25) is 0 Å². The molecule has 104 valence electrons. The van der Waals surface area contributed by atoms with E-state index in [1.807, 2.05) is 48.9 Å². The molecular weight excluding hydrogens is 252 g/mol. The van der Waals surface area contributed by atoms with Gasteiger partial charge in [0.15, 0.2) is 0 Å². The van der Waals surface area contributed by atoms with Crippen LogP contribution in [0, 0.1) is 6.92 Å². The van der Waals surface area contributed by atoms with Crippen LogP contribution in [-0.4, -0.2) is 15.5 Å². The maximum atomic E-state index is 11.4. The van der Waals surface area contributed by atoms with E-state index in [9.17, 15) is 4.79 Å². The third kappa shape index (κ3) is 2.79. The van der Waals surface area contributed by atoms with Crippen molar-refractivity contribution in [3.05, 3.63) is 54.0 Å². The molecular formula is C16H18N2O2. The highest BCUT2D eigenvalue weighted by molar-refractivity contribution is 5.86. The lowest BCUT2D eigenvalue weighted by Gasteiger charge is -2.07. The number of imidazole rings is 1. The molecule has 1 heterocycles. The van der Waals surface area contributed by atoms with E-state index < -0.39 is 5.97 Å². The molecule has 0 aliphatic carbocycles. The molecule has 0 unspecified atom stereocenters. The van der Waals surface area contributed by atoms with Crippen molar-refractivity contribution in [2.45, 2.75) is 20.5 Å². The van der Waals surface area contributed by atoms with Crippen LogP contribution in [0.2, 0.25) is 0 Å². The summed E-state index contributed by atoms with van der Waals surface area (Å²) in [6, 6.07) is 10.0. The summed E-state index contributed by atoms with van der Waals surface area (Å²) in [7, 11) is 1.92. The molecule has 4 nitrogen and oxygen atoms in total. The average Bonchev–Trinajstić information content (AvgIpc) is 2.71. The van der Waals surface area contributed by atoms with Crippen LogP contribution in [0.5, 0.6) is 0 Å². The molecule has 0 atom stereocenters. The van der Waals surface area contributed by atoms with Gasteiger partial charge in [-0.05, 0) is 13.8 Å². The summed E-state index contributed by atoms with van der Waals surface area (Å²) in [5.41, 5.74) is 3.43. The predicted octanol–water partition coefficient (Wildman–Crippen LogP) is 3.01. The molecule has 20 heavy (non-hydrogen) atoms. The molecule has 0 bridgehead atoms. The van der Waals surface area contributed by atoms with Crippen LogP contribution < -0.4 is 0 Å². The second-order valence-electron chi connectivity index (χ2n) is 4.74. The quantitative estimate of drug-likeness (QED) is 0.633. The molecule has 0 spiro atoms. The van der Waals surface area contributed by atoms with Crippen LogP contribution in [-0.2, 0) is 23.2 Å². The molecule has 1 aromatic heterocycles. The Bertz CT molecular complexity index is 642. The molecule has 0 aliphatic rings. The molecule has 0 radical (unpaired) electrons. The summed E-state index contributed by atoms with van der Waals surface area (Å²) in [5.74, 6) is 0.322. The Morgan fingerprint density at radius 3 is 2.60 bits per heavy atom. The summed E-state index contributed by atoms with van der Waals surface area (Å²) < 4.78 is 7.11. The van der Waals surface area contributed by atoms with Crippen molar-refractivity contribution in [1.29, 1.82) is 0 Å². The Morgan fingerprint density at radius 2 is 2.00 bits per heavy atom. The third-order valence-electron chi connectivity index (χ3n) is 3.09. The van der Waals surface area contributed by atoms with Crippen molar-refractivity contribution in [2.75, 3.05) is 0 Å². The van der Waals surface area contributed by atoms with Gasteiger partial charge in [0, 0.05) is 18.2 Å². The maximum Gasteiger partial charge on any atom is 0.333 e. The van der Waals surface area contributed by atoms with E-state index in [1.54, 1.807) is 6.92 Å². The zero-order chi connectivity index (χ0) is 14.7. The molecule has 0 saturated heterocycles. The monoisotopic (exact) mass is 270 g/mol. The highest BCUT2D eigenvalue weighted by Crippen LogP contribution is 2.23. The first-order valence-corrected chi connectivity index (χ1v) is 6.41. The number of carbonyl (C=O) groups is 1. The number of hydrogen-bond acceptors (Lipinski definition) is 3. The van der Waals surface area contributed by atoms with Crippen LogP contribution in [0.3, 0.4) is 0 Å². The van der Waals surface area contributed by atoms with E-state index in [4.69, 9.17) is 4.74 Å². The number of esters is 1. The van der Waals surface area contributed by atoms with Gasteiger partial charge in [-0.2, -0.15) is 0 Å². The number of rotatable bonds is 4. The predicted molar refractivity (Wildman–Crippen MR) is 78.0 cm³/mol. The molecule has 2 aromatic rings. The van der Waals surface area contributed by atoms with Gasteiger partial charge >= 0.3 is 5.97 Å². The van der Waals surface area contributed by atoms with Crippen molar-refractivity contribution < 1.29 is 9.53 Å². The Hall–Kier alpha value is -2.36. The first-order chi connectivity index (χ1) is 9.50. The number of carbonyl (C=O) groups excluding carboxylic acids is 1. The van der Waals surface area contributed by atoms with E-state index >= 15 is 0 Å². The van der Waals surface area contributed by atoms with Gasteiger partial charge in [-0.25, -0.2) is 9.78 Å². The molecule has 0 N–H and O–H groups in total. The number of aryl methyl sites for hydroxylation is 1. The van der Waals surface area contributed by atoms with Crippen LogP contribution >= 0.6 is 0 Å². The Kier molecular flexibility index (Phi) is 4.03. The minimum Gasteiger partial charge on any atom is -0.454 e. The summed E-state index contributed by atoms with van der Waals surface area (Å²) in [4.78, 5) is 15.9. The molecule has 0 saturated carbocycles. The summed E-state index contributed by atoms with van der Waals surface area (Å²) in [6.07, 6.45) is 0. The Morgan fingerprint density at radius 1 is 1.35 bits per heavy atom. The van der Waals surface area contributed by atoms with Gasteiger partial charge in [0.05, 0.1) is 11.4 Å². The summed E-state index contributed by atoms with van der Waals surface area (Å²) in [5, 5.41) is 0. The van der Waals surface area contributed by atoms with Gasteiger partial charge in [-0.3, -0.25) is 0 Å². The van der Waals surface area contributed by atoms with Crippen molar-refractivity contribution in [1.82, 2.24) is 9.55 Å². The third-order valence-corrected chi connectivity index (χ3v) is 3.09. The largest absolute Gasteiger partial charge is 0.454 e. The second kappa shape index (κ2) is 5.74. The maximum absolute atomic E-state index is 11.4. The van der Waals surface area contributed by atoms with Gasteiger partial charge in [0.25, 0.3) is 0 Å². The lowest BCUT2D eigenvalue weighted by Crippen LogP contribution is -2.08. The minimum atomic E-state index is -0.396. The average molecular weight is 270 g/mol. The zero-order valence-electron chi connectivity index (χ0n) is 12.0. The number of hydrogen-bond donors (Lipinski definition) is 0. The molecule has 4 heteroatoms. The van der Waals surface area contributed by atoms with E-state index in [0.29, 0.717) is 5.57 Å². The van der Waals surface area contributed by atoms with Crippen molar-refractivity contribution in [2.24, 2.45) is 7.05 Å². The van der Waals surface area contributed by atoms with Gasteiger partial charge in [-0.15, -0.1) is 0 Å². The van der Waals surface area contributed by atoms with Crippen LogP contribution in [0.4, 0.5) is 0 Å². The molecule has 0 fully saturated rings. The smallest absolute Gasteiger partial charge is 0.333 e. The first-order valence-electron chi connectivity index (χ1n) is 6.41. The van der Waals surface area contributed by atoms with E-state index in [1.165, 1.54) is 0 Å². The lowest BCUT2D eigenvalue weighted by atomic mass is 10.1. The van der Waals surface area contributed by atoms with Crippen molar-refractivity contribution >= 4 is 5.97 Å². The first kappa shape index (κ1) is 14.1. The summed E-state index contributed by atoms with van der Waals surface area (Å²) in [6.45, 7) is 7.28. The summed E-state index contributed by atoms with van der Waals surface area (Å²) >= 11 is 0. The lowest BCUT2D eigenvalue weighted by molar-refractivity contribution is -0.140. The highest BCUT2D eigenvalue weighted by atomic mass is 16.5. The zero-order valence-corrected chi connectivity index (χ0v) is 12.0. The number of benzene rings is 1. The van der Waals surface area contributed by atoms with Crippen molar-refractivity contribution in [3.63, 3.8) is 0 Å². The fourth-order valence-electron chi connectivity index (χ4n) is 2.07. The van der Waals surface area contributed by atoms with Gasteiger partial charge in [0.1, 0.15) is 12.4 Å². The Labute approximate surface area is 118 Å². The van der Waals surface area contributed by atoms with E-state index in [2.05, 4.69) is 11.6 Å². The fraction of sp³-hybridized carbons (Fsp3) is 0.250. The Balaban J connectivity index is 2.26. The second-order valence-corrected chi connectivity index (χ2v) is 4.74. The van der Waals surface area contributed by atoms with Crippen LogP contribution in [0.15, 0.2) is 42.5 Å². The fourth-order valence-corrected chi connectivity index (χ4v) is 2.07. The molecule has 0 aliphatic heterocycles. The SMILES string of the molecule is C=C(C)C(=O)OCc1nc(C)c(-c2ccccc2)n1C. The number of aromatic nitrogens is 2. The number of ether oxygens (including phenoxy) is 1. The van der Waals surface area contributed by atoms with Crippen LogP contribution in [0.1, 0.15) is 18.4 Å². The van der Waals surface area contributed by atoms with Crippen LogP contribution in [0.25, 0.3) is 11.3 Å². The minimum absolute atomic E-state index is 0.149. The highest BCUT2D eigenvalue weighted by Gasteiger charge is 2.14.